The Morgan fingerprint density at radius 1 is 1.27 bits per heavy atom. The molecule has 0 atom stereocenters. The zero-order valence-electron chi connectivity index (χ0n) is 7.80. The number of hydrogen-bond donors (Lipinski definition) is 0. The lowest BCUT2D eigenvalue weighted by molar-refractivity contribution is -0.182. The van der Waals surface area contributed by atoms with Crippen LogP contribution in [0.4, 0.5) is 13.2 Å². The minimum atomic E-state index is -4.23. The van der Waals surface area contributed by atoms with Crippen molar-refractivity contribution in [3.05, 3.63) is 0 Å². The van der Waals surface area contributed by atoms with Crippen LogP contribution < -0.4 is 0 Å². The molecule has 0 unspecified atom stereocenters. The summed E-state index contributed by atoms with van der Waals surface area (Å²) in [6.45, 7) is -0.196. The summed E-state index contributed by atoms with van der Waals surface area (Å²) in [6.07, 6.45) is -4.59. The normalized spacial score (nSPS) is 21.9. The van der Waals surface area contributed by atoms with Gasteiger partial charge in [0.1, 0.15) is 5.21 Å². The highest BCUT2D eigenvalue weighted by atomic mass is 35.5. The molecule has 3 nitrogen and oxygen atoms in total. The molecule has 15 heavy (non-hydrogen) atoms. The molecule has 1 fully saturated rings. The fourth-order valence-corrected chi connectivity index (χ4v) is 2.85. The van der Waals surface area contributed by atoms with Crippen molar-refractivity contribution in [2.45, 2.75) is 19.0 Å². The summed E-state index contributed by atoms with van der Waals surface area (Å²) in [5, 5.41) is -0.580. The molecule has 0 bridgehead atoms. The monoisotopic (exact) mass is 265 g/mol. The molecule has 0 aliphatic carbocycles. The third-order valence-electron chi connectivity index (χ3n) is 2.45. The summed E-state index contributed by atoms with van der Waals surface area (Å²) in [4.78, 5) is 0. The van der Waals surface area contributed by atoms with Gasteiger partial charge >= 0.3 is 6.18 Å². The van der Waals surface area contributed by atoms with Crippen molar-refractivity contribution in [3.63, 3.8) is 0 Å². The summed E-state index contributed by atoms with van der Waals surface area (Å²) in [5.41, 5.74) is 0. The van der Waals surface area contributed by atoms with E-state index < -0.39 is 27.3 Å². The minimum Gasteiger partial charge on any atom is -0.211 e. The van der Waals surface area contributed by atoms with Crippen LogP contribution in [0.1, 0.15) is 12.8 Å². The number of halogens is 4. The average molecular weight is 266 g/mol. The Kier molecular flexibility index (Phi) is 3.89. The van der Waals surface area contributed by atoms with E-state index in [9.17, 15) is 21.6 Å². The molecule has 0 N–H and O–H groups in total. The molecule has 1 rings (SSSR count). The van der Waals surface area contributed by atoms with Gasteiger partial charge in [0, 0.05) is 13.1 Å². The summed E-state index contributed by atoms with van der Waals surface area (Å²) >= 11 is 5.20. The van der Waals surface area contributed by atoms with Gasteiger partial charge in [-0.2, -0.15) is 13.2 Å². The number of nitrogens with zero attached hydrogens (tertiary/aromatic N) is 1. The van der Waals surface area contributed by atoms with Crippen molar-refractivity contribution in [2.75, 3.05) is 18.3 Å². The van der Waals surface area contributed by atoms with Crippen molar-refractivity contribution in [1.29, 1.82) is 0 Å². The van der Waals surface area contributed by atoms with Gasteiger partial charge in [-0.05, 0) is 12.8 Å². The summed E-state index contributed by atoms with van der Waals surface area (Å²) in [5.74, 6) is -1.39. The van der Waals surface area contributed by atoms with Crippen LogP contribution in [0.2, 0.25) is 0 Å². The first kappa shape index (κ1) is 13.1. The second-order valence-electron chi connectivity index (χ2n) is 3.44. The van der Waals surface area contributed by atoms with Crippen LogP contribution in [0.5, 0.6) is 0 Å². The molecule has 1 aliphatic heterocycles. The third kappa shape index (κ3) is 3.22. The predicted octanol–water partition coefficient (Wildman–Crippen LogP) is 1.79. The van der Waals surface area contributed by atoms with E-state index in [2.05, 4.69) is 0 Å². The van der Waals surface area contributed by atoms with Gasteiger partial charge in [0.25, 0.3) is 0 Å². The van der Waals surface area contributed by atoms with Gasteiger partial charge in [0.2, 0.25) is 10.0 Å². The van der Waals surface area contributed by atoms with E-state index >= 15 is 0 Å². The summed E-state index contributed by atoms with van der Waals surface area (Å²) in [7, 11) is -3.56. The van der Waals surface area contributed by atoms with Gasteiger partial charge in [0.05, 0.1) is 5.92 Å². The Hall–Kier alpha value is -0.0100. The first-order chi connectivity index (χ1) is 6.77. The standard InChI is InChI=1S/C7H11ClF3NO2S/c8-5-15(13,14)12-3-1-6(2-4-12)7(9,10)11/h6H,1-5H2. The number of sulfonamides is 1. The highest BCUT2D eigenvalue weighted by Gasteiger charge is 2.42. The molecule has 0 saturated carbocycles. The Balaban J connectivity index is 2.57. The van der Waals surface area contributed by atoms with E-state index in [0.29, 0.717) is 0 Å². The van der Waals surface area contributed by atoms with Crippen molar-refractivity contribution in [1.82, 2.24) is 4.31 Å². The van der Waals surface area contributed by atoms with E-state index in [0.717, 1.165) is 4.31 Å². The Morgan fingerprint density at radius 2 is 1.73 bits per heavy atom. The lowest BCUT2D eigenvalue weighted by Crippen LogP contribution is -2.42. The second kappa shape index (κ2) is 4.47. The Bertz CT molecular complexity index is 309. The highest BCUT2D eigenvalue weighted by molar-refractivity contribution is 7.90. The molecule has 1 heterocycles. The maximum absolute atomic E-state index is 12.3. The van der Waals surface area contributed by atoms with Crippen LogP contribution in [0.3, 0.4) is 0 Å². The minimum absolute atomic E-state index is 0.0980. The average Bonchev–Trinajstić information content (AvgIpc) is 2.17. The zero-order chi connectivity index (χ0) is 11.7. The van der Waals surface area contributed by atoms with Crippen molar-refractivity contribution < 1.29 is 21.6 Å². The van der Waals surface area contributed by atoms with Gasteiger partial charge in [-0.3, -0.25) is 0 Å². The summed E-state index contributed by atoms with van der Waals surface area (Å²) in [6, 6.07) is 0. The molecule has 1 saturated heterocycles. The molecule has 8 heteroatoms. The number of hydrogen-bond acceptors (Lipinski definition) is 2. The van der Waals surface area contributed by atoms with Crippen LogP contribution in [-0.2, 0) is 10.0 Å². The molecule has 0 radical (unpaired) electrons. The van der Waals surface area contributed by atoms with Gasteiger partial charge in [-0.25, -0.2) is 12.7 Å². The smallest absolute Gasteiger partial charge is 0.211 e. The molecule has 0 aromatic heterocycles. The first-order valence-corrected chi connectivity index (χ1v) is 6.52. The maximum Gasteiger partial charge on any atom is 0.391 e. The van der Waals surface area contributed by atoms with Crippen molar-refractivity contribution in [3.8, 4) is 0 Å². The molecule has 0 aromatic rings. The molecule has 90 valence electrons. The zero-order valence-corrected chi connectivity index (χ0v) is 9.37. The maximum atomic E-state index is 12.3. The van der Waals surface area contributed by atoms with Gasteiger partial charge < -0.3 is 0 Å². The topological polar surface area (TPSA) is 37.4 Å². The van der Waals surface area contributed by atoms with Crippen molar-refractivity contribution in [2.24, 2.45) is 5.92 Å². The van der Waals surface area contributed by atoms with Gasteiger partial charge in [-0.1, -0.05) is 0 Å². The predicted molar refractivity (Wildman–Crippen MR) is 50.0 cm³/mol. The van der Waals surface area contributed by atoms with Crippen LogP contribution in [0.15, 0.2) is 0 Å². The van der Waals surface area contributed by atoms with E-state index in [1.165, 1.54) is 0 Å². The van der Waals surface area contributed by atoms with Crippen LogP contribution in [0, 0.1) is 5.92 Å². The quantitative estimate of drug-likeness (QED) is 0.714. The first-order valence-electron chi connectivity index (χ1n) is 4.38. The lowest BCUT2D eigenvalue weighted by atomic mass is 9.98. The molecule has 0 spiro atoms. The van der Waals surface area contributed by atoms with Crippen LogP contribution in [0.25, 0.3) is 0 Å². The Morgan fingerprint density at radius 3 is 2.07 bits per heavy atom. The van der Waals surface area contributed by atoms with E-state index in [4.69, 9.17) is 11.6 Å². The third-order valence-corrected chi connectivity index (χ3v) is 4.70. The van der Waals surface area contributed by atoms with E-state index in [1.54, 1.807) is 0 Å². The van der Waals surface area contributed by atoms with E-state index in [-0.39, 0.29) is 25.9 Å². The number of rotatable bonds is 2. The largest absolute Gasteiger partial charge is 0.391 e. The van der Waals surface area contributed by atoms with Gasteiger partial charge in [0.15, 0.2) is 0 Å². The highest BCUT2D eigenvalue weighted by Crippen LogP contribution is 2.34. The lowest BCUT2D eigenvalue weighted by Gasteiger charge is -2.31. The van der Waals surface area contributed by atoms with Crippen LogP contribution >= 0.6 is 11.6 Å². The Labute approximate surface area is 91.2 Å². The SMILES string of the molecule is O=S(=O)(CCl)N1CCC(C(F)(F)F)CC1. The number of alkyl halides is 4. The number of piperidine rings is 1. The molecule has 0 amide bonds. The van der Waals surface area contributed by atoms with Crippen LogP contribution in [-0.4, -0.2) is 37.2 Å². The molecular weight excluding hydrogens is 255 g/mol. The van der Waals surface area contributed by atoms with E-state index in [1.807, 2.05) is 0 Å². The second-order valence-corrected chi connectivity index (χ2v) is 5.99. The fraction of sp³-hybridized carbons (Fsp3) is 1.00. The fourth-order valence-electron chi connectivity index (χ4n) is 1.53. The molecule has 1 aliphatic rings. The van der Waals surface area contributed by atoms with Gasteiger partial charge in [-0.15, -0.1) is 11.6 Å². The molecular formula is C7H11ClF3NO2S. The summed E-state index contributed by atoms with van der Waals surface area (Å²) < 4.78 is 60.2. The van der Waals surface area contributed by atoms with Crippen molar-refractivity contribution >= 4 is 21.6 Å². The molecule has 0 aromatic carbocycles.